The second kappa shape index (κ2) is 12.2. The molecule has 0 spiro atoms. The lowest BCUT2D eigenvalue weighted by Gasteiger charge is -1.87. The van der Waals surface area contributed by atoms with Gasteiger partial charge in [-0.05, 0) is 25.7 Å². The van der Waals surface area contributed by atoms with Crippen molar-refractivity contribution in [1.82, 2.24) is 0 Å². The third-order valence-corrected chi connectivity index (χ3v) is 2.00. The SMILES string of the molecule is CCC=CCC=CCC=CCCCC. The lowest BCUT2D eigenvalue weighted by Crippen LogP contribution is -1.66. The maximum absolute atomic E-state index is 2.29. The van der Waals surface area contributed by atoms with Gasteiger partial charge in [0, 0.05) is 0 Å². The number of unbranched alkanes of at least 4 members (excludes halogenated alkanes) is 2. The molecule has 0 N–H and O–H groups in total. The lowest BCUT2D eigenvalue weighted by molar-refractivity contribution is 0.813. The Morgan fingerprint density at radius 3 is 1.86 bits per heavy atom. The van der Waals surface area contributed by atoms with E-state index in [1.54, 1.807) is 0 Å². The molecule has 0 fully saturated rings. The second-order valence-corrected chi connectivity index (χ2v) is 3.44. The Morgan fingerprint density at radius 2 is 1.29 bits per heavy atom. The fourth-order valence-corrected chi connectivity index (χ4v) is 1.15. The molecule has 0 saturated carbocycles. The highest BCUT2D eigenvalue weighted by molar-refractivity contribution is 4.96. The first-order valence-electron chi connectivity index (χ1n) is 5.86. The topological polar surface area (TPSA) is 0 Å². The molecule has 0 heteroatoms. The zero-order chi connectivity index (χ0) is 10.5. The van der Waals surface area contributed by atoms with Crippen LogP contribution in [0.15, 0.2) is 36.5 Å². The van der Waals surface area contributed by atoms with Crippen LogP contribution in [-0.4, -0.2) is 0 Å². The molecule has 0 bridgehead atoms. The predicted octanol–water partition coefficient (Wildman–Crippen LogP) is 5.04. The minimum Gasteiger partial charge on any atom is -0.0885 e. The van der Waals surface area contributed by atoms with Gasteiger partial charge in [0.2, 0.25) is 0 Å². The molecule has 0 aromatic rings. The smallest absolute Gasteiger partial charge is 0.0169 e. The summed E-state index contributed by atoms with van der Waals surface area (Å²) < 4.78 is 0. The van der Waals surface area contributed by atoms with Crippen molar-refractivity contribution in [3.05, 3.63) is 36.5 Å². The molecular formula is C14H24. The van der Waals surface area contributed by atoms with E-state index in [-0.39, 0.29) is 0 Å². The van der Waals surface area contributed by atoms with Gasteiger partial charge in [-0.2, -0.15) is 0 Å². The maximum Gasteiger partial charge on any atom is -0.0169 e. The first-order valence-corrected chi connectivity index (χ1v) is 5.86. The van der Waals surface area contributed by atoms with Gasteiger partial charge >= 0.3 is 0 Å². The van der Waals surface area contributed by atoms with Crippen LogP contribution in [-0.2, 0) is 0 Å². The van der Waals surface area contributed by atoms with Gasteiger partial charge in [-0.3, -0.25) is 0 Å². The van der Waals surface area contributed by atoms with E-state index in [9.17, 15) is 0 Å². The monoisotopic (exact) mass is 192 g/mol. The van der Waals surface area contributed by atoms with Crippen molar-refractivity contribution in [2.45, 2.75) is 52.4 Å². The van der Waals surface area contributed by atoms with Crippen LogP contribution in [0.1, 0.15) is 52.4 Å². The minimum atomic E-state index is 1.08. The van der Waals surface area contributed by atoms with Crippen molar-refractivity contribution in [3.63, 3.8) is 0 Å². The van der Waals surface area contributed by atoms with Crippen molar-refractivity contribution >= 4 is 0 Å². The minimum absolute atomic E-state index is 1.08. The fraction of sp³-hybridized carbons (Fsp3) is 0.571. The van der Waals surface area contributed by atoms with Gasteiger partial charge in [-0.15, -0.1) is 0 Å². The molecule has 0 aromatic carbocycles. The standard InChI is InChI=1S/C14H24/c1-3-5-7-9-11-13-14-12-10-8-6-4-2/h5,7,10-13H,3-4,6,8-9,14H2,1-2H3. The van der Waals surface area contributed by atoms with Crippen LogP contribution in [0.5, 0.6) is 0 Å². The van der Waals surface area contributed by atoms with Gasteiger partial charge < -0.3 is 0 Å². The van der Waals surface area contributed by atoms with Crippen LogP contribution in [0.3, 0.4) is 0 Å². The summed E-state index contributed by atoms with van der Waals surface area (Å²) in [6, 6.07) is 0. The molecule has 0 saturated heterocycles. The molecule has 14 heavy (non-hydrogen) atoms. The summed E-state index contributed by atoms with van der Waals surface area (Å²) in [7, 11) is 0. The van der Waals surface area contributed by atoms with E-state index in [2.05, 4.69) is 50.3 Å². The molecule has 0 heterocycles. The number of hydrogen-bond acceptors (Lipinski definition) is 0. The average molecular weight is 192 g/mol. The molecule has 0 unspecified atom stereocenters. The molecule has 80 valence electrons. The zero-order valence-corrected chi connectivity index (χ0v) is 9.71. The van der Waals surface area contributed by atoms with E-state index in [1.807, 2.05) is 0 Å². The highest BCUT2D eigenvalue weighted by Crippen LogP contribution is 1.97. The van der Waals surface area contributed by atoms with E-state index < -0.39 is 0 Å². The summed E-state index contributed by atoms with van der Waals surface area (Å²) in [5.74, 6) is 0. The highest BCUT2D eigenvalue weighted by atomic mass is 13.8. The zero-order valence-electron chi connectivity index (χ0n) is 9.71. The van der Waals surface area contributed by atoms with Gasteiger partial charge in [0.25, 0.3) is 0 Å². The quantitative estimate of drug-likeness (QED) is 0.373. The van der Waals surface area contributed by atoms with E-state index in [0.717, 1.165) is 19.3 Å². The van der Waals surface area contributed by atoms with Crippen LogP contribution < -0.4 is 0 Å². The van der Waals surface area contributed by atoms with Gasteiger partial charge in [-0.1, -0.05) is 63.1 Å². The number of rotatable bonds is 8. The Hall–Kier alpha value is -0.780. The first-order chi connectivity index (χ1) is 6.91. The largest absolute Gasteiger partial charge is 0.0885 e. The molecule has 0 atom stereocenters. The third-order valence-electron chi connectivity index (χ3n) is 2.00. The van der Waals surface area contributed by atoms with Crippen LogP contribution >= 0.6 is 0 Å². The Bertz CT molecular complexity index is 172. The van der Waals surface area contributed by atoms with Crippen molar-refractivity contribution in [2.24, 2.45) is 0 Å². The third kappa shape index (κ3) is 11.2. The molecule has 0 rings (SSSR count). The maximum atomic E-state index is 2.29. The van der Waals surface area contributed by atoms with Crippen LogP contribution in [0.2, 0.25) is 0 Å². The molecule has 0 nitrogen and oxygen atoms in total. The van der Waals surface area contributed by atoms with Gasteiger partial charge in [0.05, 0.1) is 0 Å². The molecule has 0 radical (unpaired) electrons. The molecule has 0 aliphatic carbocycles. The Kier molecular flexibility index (Phi) is 11.5. The van der Waals surface area contributed by atoms with Crippen molar-refractivity contribution in [2.75, 3.05) is 0 Å². The van der Waals surface area contributed by atoms with Crippen molar-refractivity contribution in [3.8, 4) is 0 Å². The average Bonchev–Trinajstić information content (AvgIpc) is 2.21. The van der Waals surface area contributed by atoms with E-state index >= 15 is 0 Å². The summed E-state index contributed by atoms with van der Waals surface area (Å²) >= 11 is 0. The summed E-state index contributed by atoms with van der Waals surface area (Å²) in [5, 5.41) is 0. The predicted molar refractivity (Wildman–Crippen MR) is 66.5 cm³/mol. The number of hydrogen-bond donors (Lipinski definition) is 0. The van der Waals surface area contributed by atoms with E-state index in [1.165, 1.54) is 19.3 Å². The van der Waals surface area contributed by atoms with Gasteiger partial charge in [0.1, 0.15) is 0 Å². The Morgan fingerprint density at radius 1 is 0.714 bits per heavy atom. The summed E-state index contributed by atoms with van der Waals surface area (Å²) in [4.78, 5) is 0. The lowest BCUT2D eigenvalue weighted by atomic mass is 10.2. The summed E-state index contributed by atoms with van der Waals surface area (Å²) in [6.45, 7) is 4.39. The van der Waals surface area contributed by atoms with E-state index in [0.29, 0.717) is 0 Å². The number of allylic oxidation sites excluding steroid dienone is 6. The second-order valence-electron chi connectivity index (χ2n) is 3.44. The Labute approximate surface area is 89.4 Å². The van der Waals surface area contributed by atoms with E-state index in [4.69, 9.17) is 0 Å². The van der Waals surface area contributed by atoms with Crippen molar-refractivity contribution < 1.29 is 0 Å². The summed E-state index contributed by atoms with van der Waals surface area (Å²) in [6.07, 6.45) is 20.6. The molecule has 0 aliphatic heterocycles. The van der Waals surface area contributed by atoms with Crippen LogP contribution in [0.25, 0.3) is 0 Å². The fourth-order valence-electron chi connectivity index (χ4n) is 1.15. The van der Waals surface area contributed by atoms with Crippen molar-refractivity contribution in [1.29, 1.82) is 0 Å². The van der Waals surface area contributed by atoms with Crippen LogP contribution in [0, 0.1) is 0 Å². The molecular weight excluding hydrogens is 168 g/mol. The normalized spacial score (nSPS) is 12.4. The first kappa shape index (κ1) is 13.2. The van der Waals surface area contributed by atoms with Crippen LogP contribution in [0.4, 0.5) is 0 Å². The molecule has 0 aliphatic rings. The summed E-state index contributed by atoms with van der Waals surface area (Å²) in [5.41, 5.74) is 0. The van der Waals surface area contributed by atoms with Gasteiger partial charge in [0.15, 0.2) is 0 Å². The molecule has 0 aromatic heterocycles. The molecule has 0 amide bonds. The highest BCUT2D eigenvalue weighted by Gasteiger charge is 1.76. The Balaban J connectivity index is 3.25. The van der Waals surface area contributed by atoms with Gasteiger partial charge in [-0.25, -0.2) is 0 Å².